The highest BCUT2D eigenvalue weighted by Gasteiger charge is 2.08. The van der Waals surface area contributed by atoms with Gasteiger partial charge in [0.15, 0.2) is 0 Å². The molecule has 0 aliphatic heterocycles. The number of nitrogens with zero attached hydrogens (tertiary/aromatic N) is 2. The largest absolute Gasteiger partial charge is 0.396 e. The molecule has 0 unspecified atom stereocenters. The Hall–Kier alpha value is -0.460. The molecule has 0 spiro atoms. The molecule has 0 aliphatic carbocycles. The predicted molar refractivity (Wildman–Crippen MR) is 152 cm³/mol. The maximum absolute atomic E-state index is 9.25. The first-order valence-corrected chi connectivity index (χ1v) is 15.2. The Bertz CT molecular complexity index is 412. The van der Waals surface area contributed by atoms with E-state index in [2.05, 4.69) is 28.9 Å². The Morgan fingerprint density at radius 1 is 0.400 bits per heavy atom. The molecule has 5 heteroatoms. The molecule has 0 saturated carbocycles. The zero-order chi connectivity index (χ0) is 25.7. The zero-order valence-corrected chi connectivity index (χ0v) is 23.5. The van der Waals surface area contributed by atoms with Crippen molar-refractivity contribution in [1.82, 2.24) is 9.80 Å². The molecule has 0 aromatic rings. The second-order valence-electron chi connectivity index (χ2n) is 10.2. The van der Waals surface area contributed by atoms with E-state index in [4.69, 9.17) is 10.2 Å². The quantitative estimate of drug-likeness (QED) is 0.0850. The van der Waals surface area contributed by atoms with Crippen LogP contribution >= 0.6 is 0 Å². The Labute approximate surface area is 219 Å². The number of hydrogen-bond donors (Lipinski definition) is 3. The van der Waals surface area contributed by atoms with Crippen molar-refractivity contribution in [3.8, 4) is 0 Å². The number of allylic oxidation sites excluding steroid dienone is 2. The minimum absolute atomic E-state index is 0.230. The summed E-state index contributed by atoms with van der Waals surface area (Å²) < 4.78 is 0. The van der Waals surface area contributed by atoms with Crippen molar-refractivity contribution >= 4 is 0 Å². The maximum atomic E-state index is 9.25. The van der Waals surface area contributed by atoms with Crippen LogP contribution in [0.1, 0.15) is 122 Å². The van der Waals surface area contributed by atoms with Crippen LogP contribution < -0.4 is 0 Å². The van der Waals surface area contributed by atoms with Gasteiger partial charge in [-0.1, -0.05) is 76.9 Å². The normalized spacial score (nSPS) is 12.1. The summed E-state index contributed by atoms with van der Waals surface area (Å²) in [5.74, 6) is 0. The van der Waals surface area contributed by atoms with E-state index in [-0.39, 0.29) is 19.8 Å². The van der Waals surface area contributed by atoms with Gasteiger partial charge in [-0.25, -0.2) is 0 Å². The van der Waals surface area contributed by atoms with Crippen molar-refractivity contribution in [2.45, 2.75) is 122 Å². The molecular weight excluding hydrogens is 436 g/mol. The van der Waals surface area contributed by atoms with Crippen molar-refractivity contribution in [2.24, 2.45) is 0 Å². The highest BCUT2D eigenvalue weighted by molar-refractivity contribution is 4.81. The van der Waals surface area contributed by atoms with Crippen LogP contribution in [0.5, 0.6) is 0 Å². The molecule has 0 aromatic carbocycles. The van der Waals surface area contributed by atoms with Crippen LogP contribution in [0.15, 0.2) is 12.2 Å². The summed E-state index contributed by atoms with van der Waals surface area (Å²) in [6, 6.07) is 0. The van der Waals surface area contributed by atoms with Crippen molar-refractivity contribution in [2.75, 3.05) is 59.1 Å². The topological polar surface area (TPSA) is 67.2 Å². The highest BCUT2D eigenvalue weighted by atomic mass is 16.3. The van der Waals surface area contributed by atoms with Crippen molar-refractivity contribution in [1.29, 1.82) is 0 Å². The summed E-state index contributed by atoms with van der Waals surface area (Å²) in [5.41, 5.74) is 0. The van der Waals surface area contributed by atoms with Crippen molar-refractivity contribution in [3.63, 3.8) is 0 Å². The third kappa shape index (κ3) is 26.4. The average Bonchev–Trinajstić information content (AvgIpc) is 2.87. The Kier molecular flexibility index (Phi) is 29.4. The molecule has 3 N–H and O–H groups in total. The summed E-state index contributed by atoms with van der Waals surface area (Å²) in [7, 11) is 0. The van der Waals surface area contributed by atoms with Gasteiger partial charge in [-0.3, -0.25) is 0 Å². The van der Waals surface area contributed by atoms with Gasteiger partial charge in [0.05, 0.1) is 0 Å². The lowest BCUT2D eigenvalue weighted by atomic mass is 10.1. The molecule has 0 saturated heterocycles. The molecular formula is C30H62N2O3. The van der Waals surface area contributed by atoms with Gasteiger partial charge in [-0.05, 0) is 77.4 Å². The number of aliphatic hydroxyl groups is 3. The third-order valence-electron chi connectivity index (χ3n) is 6.83. The standard InChI is InChI=1S/C30H62N2O3/c1-2-3-4-5-6-7-8-9-10-11-12-13-14-15-16-17-22-31(25-19-28-33)23-18-24-32(26-20-29-34)27-21-30-35/h9-10,33-35H,2-8,11-30H2,1H3/b10-9-. The first kappa shape index (κ1) is 34.5. The number of rotatable bonds is 29. The molecule has 0 bridgehead atoms. The van der Waals surface area contributed by atoms with Gasteiger partial charge in [0, 0.05) is 39.5 Å². The van der Waals surface area contributed by atoms with Gasteiger partial charge in [0.2, 0.25) is 0 Å². The Balaban J connectivity index is 3.76. The molecule has 210 valence electrons. The summed E-state index contributed by atoms with van der Waals surface area (Å²) >= 11 is 0. The van der Waals surface area contributed by atoms with Crippen LogP contribution in [-0.2, 0) is 0 Å². The summed E-state index contributed by atoms with van der Waals surface area (Å²) in [4.78, 5) is 4.88. The third-order valence-corrected chi connectivity index (χ3v) is 6.83. The zero-order valence-electron chi connectivity index (χ0n) is 23.5. The fourth-order valence-corrected chi connectivity index (χ4v) is 4.65. The number of aliphatic hydroxyl groups excluding tert-OH is 3. The van der Waals surface area contributed by atoms with Crippen LogP contribution in [0.25, 0.3) is 0 Å². The van der Waals surface area contributed by atoms with E-state index in [1.165, 1.54) is 89.9 Å². The SMILES string of the molecule is CCCCCCCC/C=C\CCCCCCCCN(CCCO)CCCN(CCCO)CCCO. The molecule has 0 rings (SSSR count). The number of unbranched alkanes of at least 4 members (excludes halogenated alkanes) is 12. The molecule has 0 atom stereocenters. The second-order valence-corrected chi connectivity index (χ2v) is 10.2. The van der Waals surface area contributed by atoms with E-state index in [0.29, 0.717) is 0 Å². The predicted octanol–water partition coefficient (Wildman–Crippen LogP) is 6.17. The Morgan fingerprint density at radius 2 is 0.743 bits per heavy atom. The molecule has 0 amide bonds. The molecule has 0 fully saturated rings. The Morgan fingerprint density at radius 3 is 1.17 bits per heavy atom. The monoisotopic (exact) mass is 498 g/mol. The lowest BCUT2D eigenvalue weighted by molar-refractivity contribution is 0.182. The van der Waals surface area contributed by atoms with Gasteiger partial charge in [0.1, 0.15) is 0 Å². The molecule has 0 aromatic heterocycles. The van der Waals surface area contributed by atoms with Crippen molar-refractivity contribution in [3.05, 3.63) is 12.2 Å². The molecule has 35 heavy (non-hydrogen) atoms. The van der Waals surface area contributed by atoms with Crippen LogP contribution in [0.2, 0.25) is 0 Å². The lowest BCUT2D eigenvalue weighted by Gasteiger charge is -2.25. The molecule has 5 nitrogen and oxygen atoms in total. The fourth-order valence-electron chi connectivity index (χ4n) is 4.65. The van der Waals surface area contributed by atoms with Crippen molar-refractivity contribution < 1.29 is 15.3 Å². The van der Waals surface area contributed by atoms with E-state index >= 15 is 0 Å². The highest BCUT2D eigenvalue weighted by Crippen LogP contribution is 2.11. The second kappa shape index (κ2) is 29.8. The summed E-state index contributed by atoms with van der Waals surface area (Å²) in [5, 5.41) is 27.5. The van der Waals surface area contributed by atoms with E-state index in [0.717, 1.165) is 65.0 Å². The summed E-state index contributed by atoms with van der Waals surface area (Å²) in [6.45, 7) is 9.02. The van der Waals surface area contributed by atoms with Gasteiger partial charge >= 0.3 is 0 Å². The lowest BCUT2D eigenvalue weighted by Crippen LogP contribution is -2.33. The van der Waals surface area contributed by atoms with E-state index < -0.39 is 0 Å². The number of hydrogen-bond acceptors (Lipinski definition) is 5. The van der Waals surface area contributed by atoms with Gasteiger partial charge in [-0.15, -0.1) is 0 Å². The van der Waals surface area contributed by atoms with Crippen LogP contribution in [-0.4, -0.2) is 84.2 Å². The molecule has 0 heterocycles. The first-order chi connectivity index (χ1) is 17.3. The van der Waals surface area contributed by atoms with Gasteiger partial charge in [-0.2, -0.15) is 0 Å². The smallest absolute Gasteiger partial charge is 0.0443 e. The molecule has 0 radical (unpaired) electrons. The van der Waals surface area contributed by atoms with E-state index in [9.17, 15) is 5.11 Å². The minimum Gasteiger partial charge on any atom is -0.396 e. The average molecular weight is 499 g/mol. The first-order valence-electron chi connectivity index (χ1n) is 15.2. The van der Waals surface area contributed by atoms with Crippen LogP contribution in [0, 0.1) is 0 Å². The van der Waals surface area contributed by atoms with E-state index in [1.807, 2.05) is 0 Å². The van der Waals surface area contributed by atoms with Crippen LogP contribution in [0.3, 0.4) is 0 Å². The molecule has 0 aliphatic rings. The van der Waals surface area contributed by atoms with Gasteiger partial charge < -0.3 is 25.1 Å². The maximum Gasteiger partial charge on any atom is 0.0443 e. The fraction of sp³-hybridized carbons (Fsp3) is 0.933. The van der Waals surface area contributed by atoms with Crippen LogP contribution in [0.4, 0.5) is 0 Å². The van der Waals surface area contributed by atoms with Gasteiger partial charge in [0.25, 0.3) is 0 Å². The minimum atomic E-state index is 0.230. The van der Waals surface area contributed by atoms with E-state index in [1.54, 1.807) is 0 Å². The summed E-state index contributed by atoms with van der Waals surface area (Å²) in [6.07, 6.45) is 27.1.